The summed E-state index contributed by atoms with van der Waals surface area (Å²) >= 11 is 0.877. The second kappa shape index (κ2) is 7.68. The summed E-state index contributed by atoms with van der Waals surface area (Å²) in [4.78, 5) is 24.2. The highest BCUT2D eigenvalue weighted by atomic mass is 32.1. The van der Waals surface area contributed by atoms with E-state index in [2.05, 4.69) is 14.1 Å². The van der Waals surface area contributed by atoms with Gasteiger partial charge in [0.1, 0.15) is 11.4 Å². The van der Waals surface area contributed by atoms with Crippen molar-refractivity contribution in [2.75, 3.05) is 11.9 Å². The number of carbonyl (C=O) groups excluding carboxylic acids is 2. The molecule has 1 N–H and O–H groups in total. The highest BCUT2D eigenvalue weighted by molar-refractivity contribution is 6.99. The van der Waals surface area contributed by atoms with Gasteiger partial charge in [-0.1, -0.05) is 0 Å². The van der Waals surface area contributed by atoms with Crippen molar-refractivity contribution in [2.45, 2.75) is 6.92 Å². The molecule has 24 heavy (non-hydrogen) atoms. The molecule has 0 saturated carbocycles. The number of hydrogen-bond donors (Lipinski definition) is 1. The molecule has 6 nitrogen and oxygen atoms in total. The fraction of sp³-hybridized carbons (Fsp3) is 0.143. The van der Waals surface area contributed by atoms with Gasteiger partial charge in [-0.3, -0.25) is 4.79 Å². The number of rotatable bonds is 6. The lowest BCUT2D eigenvalue weighted by Gasteiger charge is -2.08. The van der Waals surface area contributed by atoms with Gasteiger partial charge in [-0.2, -0.15) is 8.75 Å². The molecule has 0 radical (unpaired) electrons. The van der Waals surface area contributed by atoms with Crippen LogP contribution in [-0.2, 0) is 9.53 Å². The van der Waals surface area contributed by atoms with Gasteiger partial charge in [0.25, 0.3) is 0 Å². The molecule has 0 aliphatic carbocycles. The van der Waals surface area contributed by atoms with Gasteiger partial charge in [0, 0.05) is 12.3 Å². The fourth-order valence-electron chi connectivity index (χ4n) is 1.64. The lowest BCUT2D eigenvalue weighted by molar-refractivity contribution is -0.138. The van der Waals surface area contributed by atoms with Crippen LogP contribution >= 0.6 is 11.7 Å². The first-order valence-corrected chi connectivity index (χ1v) is 7.27. The van der Waals surface area contributed by atoms with E-state index in [0.29, 0.717) is 6.07 Å². The first-order chi connectivity index (χ1) is 11.4. The van der Waals surface area contributed by atoms with Gasteiger partial charge in [-0.05, 0) is 13.0 Å². The normalized spacial score (nSPS) is 11.2. The molecule has 0 aliphatic rings. The Balaban J connectivity index is 2.39. The number of carbonyl (C=O) groups is 2. The molecule has 0 bridgehead atoms. The van der Waals surface area contributed by atoms with Gasteiger partial charge in [0.2, 0.25) is 5.78 Å². The molecule has 126 valence electrons. The maximum Gasteiger partial charge on any atom is 0.343 e. The number of Topliss-reactive ketones (excluding diaryl/α,β-unsaturated/α-hetero) is 1. The van der Waals surface area contributed by atoms with Crippen LogP contribution < -0.4 is 5.32 Å². The number of ketones is 1. The van der Waals surface area contributed by atoms with Crippen molar-refractivity contribution in [1.82, 2.24) is 8.75 Å². The summed E-state index contributed by atoms with van der Waals surface area (Å²) in [6, 6.07) is 0.605. The van der Waals surface area contributed by atoms with Crippen molar-refractivity contribution in [2.24, 2.45) is 0 Å². The van der Waals surface area contributed by atoms with Crippen LogP contribution in [0.25, 0.3) is 0 Å². The average Bonchev–Trinajstić information content (AvgIpc) is 3.04. The molecule has 1 aromatic carbocycles. The van der Waals surface area contributed by atoms with Crippen molar-refractivity contribution in [3.05, 3.63) is 53.1 Å². The number of nitrogens with zero attached hydrogens (tertiary/aromatic N) is 2. The summed E-state index contributed by atoms with van der Waals surface area (Å²) < 4.78 is 52.2. The number of hydrogen-bond acceptors (Lipinski definition) is 7. The SMILES string of the molecule is CCOC(=O)C(=CNc1cnsn1)C(=O)c1cc(F)c(F)cc1F. The molecule has 10 heteroatoms. The number of anilines is 1. The van der Waals surface area contributed by atoms with Crippen LogP contribution in [0.5, 0.6) is 0 Å². The summed E-state index contributed by atoms with van der Waals surface area (Å²) in [5, 5.41) is 2.52. The lowest BCUT2D eigenvalue weighted by Crippen LogP contribution is -2.19. The molecule has 0 fully saturated rings. The number of benzene rings is 1. The van der Waals surface area contributed by atoms with Gasteiger partial charge >= 0.3 is 5.97 Å². The minimum absolute atomic E-state index is 0.0397. The largest absolute Gasteiger partial charge is 0.462 e. The van der Waals surface area contributed by atoms with Gasteiger partial charge in [0.05, 0.1) is 30.1 Å². The third kappa shape index (κ3) is 3.96. The van der Waals surface area contributed by atoms with Crippen molar-refractivity contribution in [1.29, 1.82) is 0 Å². The molecular formula is C14H10F3N3O3S. The topological polar surface area (TPSA) is 81.2 Å². The fourth-order valence-corrected chi connectivity index (χ4v) is 2.02. The zero-order valence-corrected chi connectivity index (χ0v) is 13.0. The van der Waals surface area contributed by atoms with E-state index in [9.17, 15) is 22.8 Å². The third-order valence-corrected chi connectivity index (χ3v) is 3.20. The molecule has 0 atom stereocenters. The summed E-state index contributed by atoms with van der Waals surface area (Å²) in [5.41, 5.74) is -1.40. The van der Waals surface area contributed by atoms with Crippen molar-refractivity contribution in [3.8, 4) is 0 Å². The summed E-state index contributed by atoms with van der Waals surface area (Å²) in [6.45, 7) is 1.47. The molecule has 0 spiro atoms. The Bertz CT molecular complexity index is 794. The first kappa shape index (κ1) is 17.6. The van der Waals surface area contributed by atoms with Gasteiger partial charge < -0.3 is 10.1 Å². The zero-order valence-electron chi connectivity index (χ0n) is 12.2. The molecule has 1 aromatic heterocycles. The summed E-state index contributed by atoms with van der Waals surface area (Å²) in [5.74, 6) is -6.15. The van der Waals surface area contributed by atoms with Crippen LogP contribution in [0.3, 0.4) is 0 Å². The Hall–Kier alpha value is -2.75. The quantitative estimate of drug-likeness (QED) is 0.214. The van der Waals surface area contributed by atoms with Gasteiger partial charge in [-0.25, -0.2) is 18.0 Å². The maximum absolute atomic E-state index is 13.8. The molecule has 0 saturated heterocycles. The van der Waals surface area contributed by atoms with Crippen molar-refractivity contribution >= 4 is 29.3 Å². The van der Waals surface area contributed by atoms with Crippen LogP contribution in [0.1, 0.15) is 17.3 Å². The molecule has 0 aliphatic heterocycles. The predicted octanol–water partition coefficient (Wildman–Crippen LogP) is 2.70. The Morgan fingerprint density at radius 1 is 1.25 bits per heavy atom. The van der Waals surface area contributed by atoms with Gasteiger partial charge in [-0.15, -0.1) is 0 Å². The van der Waals surface area contributed by atoms with Crippen molar-refractivity contribution in [3.63, 3.8) is 0 Å². The minimum Gasteiger partial charge on any atom is -0.462 e. The van der Waals surface area contributed by atoms with Crippen LogP contribution in [-0.4, -0.2) is 27.1 Å². The van der Waals surface area contributed by atoms with E-state index in [4.69, 9.17) is 4.74 Å². The Morgan fingerprint density at radius 2 is 1.96 bits per heavy atom. The van der Waals surface area contributed by atoms with E-state index in [1.165, 1.54) is 13.1 Å². The Labute approximate surface area is 138 Å². The molecule has 2 rings (SSSR count). The number of esters is 1. The van der Waals surface area contributed by atoms with Crippen LogP contribution in [0.15, 0.2) is 30.1 Å². The number of aromatic nitrogens is 2. The van der Waals surface area contributed by atoms with Crippen molar-refractivity contribution < 1.29 is 27.5 Å². The summed E-state index contributed by atoms with van der Waals surface area (Å²) in [7, 11) is 0. The first-order valence-electron chi connectivity index (χ1n) is 6.54. The van der Waals surface area contributed by atoms with E-state index < -0.39 is 40.3 Å². The highest BCUT2D eigenvalue weighted by Gasteiger charge is 2.25. The Morgan fingerprint density at radius 3 is 2.58 bits per heavy atom. The second-order valence-corrected chi connectivity index (χ2v) is 4.85. The van der Waals surface area contributed by atoms with Crippen LogP contribution in [0.4, 0.5) is 19.0 Å². The lowest BCUT2D eigenvalue weighted by atomic mass is 10.0. The van der Waals surface area contributed by atoms with E-state index in [-0.39, 0.29) is 18.5 Å². The molecule has 1 heterocycles. The molecule has 0 amide bonds. The van der Waals surface area contributed by atoms with E-state index in [0.717, 1.165) is 17.9 Å². The monoisotopic (exact) mass is 357 g/mol. The number of nitrogens with one attached hydrogen (secondary N) is 1. The Kier molecular flexibility index (Phi) is 5.64. The van der Waals surface area contributed by atoms with E-state index >= 15 is 0 Å². The maximum atomic E-state index is 13.8. The third-order valence-electron chi connectivity index (χ3n) is 2.72. The van der Waals surface area contributed by atoms with E-state index in [1.54, 1.807) is 0 Å². The number of ether oxygens (including phenoxy) is 1. The highest BCUT2D eigenvalue weighted by Crippen LogP contribution is 2.18. The molecule has 0 unspecified atom stereocenters. The molecular weight excluding hydrogens is 347 g/mol. The van der Waals surface area contributed by atoms with Gasteiger partial charge in [0.15, 0.2) is 17.5 Å². The average molecular weight is 357 g/mol. The molecule has 2 aromatic rings. The van der Waals surface area contributed by atoms with Crippen LogP contribution in [0.2, 0.25) is 0 Å². The standard InChI is InChI=1S/C14H10F3N3O3S/c1-2-23-14(22)8(5-18-12-6-19-24-20-12)13(21)7-3-10(16)11(17)4-9(7)15/h3-6H,2H2,1H3,(H,18,20). The predicted molar refractivity (Wildman–Crippen MR) is 78.9 cm³/mol. The smallest absolute Gasteiger partial charge is 0.343 e. The zero-order chi connectivity index (χ0) is 17.7. The second-order valence-electron chi connectivity index (χ2n) is 4.29. The van der Waals surface area contributed by atoms with Crippen LogP contribution in [0, 0.1) is 17.5 Å². The minimum atomic E-state index is -1.45. The number of halogens is 3. The van der Waals surface area contributed by atoms with E-state index in [1.807, 2.05) is 0 Å². The summed E-state index contributed by atoms with van der Waals surface area (Å²) in [6.07, 6.45) is 2.27.